The number of hydrogen-bond donors (Lipinski definition) is 1. The molecular formula is C16H18N2O. The van der Waals surface area contributed by atoms with Crippen molar-refractivity contribution in [3.8, 4) is 0 Å². The lowest BCUT2D eigenvalue weighted by atomic mass is 10.2. The van der Waals surface area contributed by atoms with Crippen LogP contribution in [0.2, 0.25) is 0 Å². The number of aliphatic hydroxyl groups is 1. The average Bonchev–Trinajstić information content (AvgIpc) is 2.93. The number of anilines is 2. The van der Waals surface area contributed by atoms with Gasteiger partial charge in [-0.15, -0.1) is 0 Å². The lowest BCUT2D eigenvalue weighted by Gasteiger charge is -2.31. The molecule has 0 aromatic heterocycles. The van der Waals surface area contributed by atoms with Crippen molar-refractivity contribution in [3.63, 3.8) is 0 Å². The van der Waals surface area contributed by atoms with Gasteiger partial charge in [-0.25, -0.2) is 0 Å². The molecule has 2 aromatic rings. The first-order valence-electron chi connectivity index (χ1n) is 6.64. The molecule has 3 rings (SSSR count). The van der Waals surface area contributed by atoms with Crippen LogP contribution in [0.4, 0.5) is 11.4 Å². The van der Waals surface area contributed by atoms with Crippen molar-refractivity contribution in [3.05, 3.63) is 60.7 Å². The maximum atomic E-state index is 9.75. The first-order valence-corrected chi connectivity index (χ1v) is 6.64. The first kappa shape index (κ1) is 12.1. The summed E-state index contributed by atoms with van der Waals surface area (Å²) in [6, 6.07) is 20.6. The van der Waals surface area contributed by atoms with Crippen LogP contribution in [0.25, 0.3) is 0 Å². The Morgan fingerprint density at radius 1 is 0.789 bits per heavy atom. The standard InChI is InChI=1S/C16H18N2O/c19-13-16-17(14-7-3-1-4-8-14)11-12-18(16)15-9-5-2-6-10-15/h1-10,16,19H,11-13H2. The van der Waals surface area contributed by atoms with E-state index in [-0.39, 0.29) is 12.8 Å². The van der Waals surface area contributed by atoms with E-state index in [1.165, 1.54) is 11.4 Å². The zero-order chi connectivity index (χ0) is 13.1. The monoisotopic (exact) mass is 254 g/mol. The van der Waals surface area contributed by atoms with Crippen molar-refractivity contribution in [2.45, 2.75) is 6.17 Å². The first-order chi connectivity index (χ1) is 9.40. The third kappa shape index (κ3) is 2.29. The maximum Gasteiger partial charge on any atom is 0.125 e. The highest BCUT2D eigenvalue weighted by Crippen LogP contribution is 2.27. The van der Waals surface area contributed by atoms with Gasteiger partial charge in [-0.3, -0.25) is 0 Å². The molecule has 3 nitrogen and oxygen atoms in total. The fourth-order valence-corrected chi connectivity index (χ4v) is 2.72. The van der Waals surface area contributed by atoms with Crippen molar-refractivity contribution in [1.82, 2.24) is 0 Å². The van der Waals surface area contributed by atoms with Gasteiger partial charge in [0.15, 0.2) is 0 Å². The number of rotatable bonds is 3. The minimum absolute atomic E-state index is 0.0183. The van der Waals surface area contributed by atoms with Crippen molar-refractivity contribution >= 4 is 11.4 Å². The number of para-hydroxylation sites is 2. The van der Waals surface area contributed by atoms with Gasteiger partial charge in [0, 0.05) is 24.5 Å². The van der Waals surface area contributed by atoms with E-state index in [0.29, 0.717) is 0 Å². The molecule has 0 aliphatic carbocycles. The molecule has 1 fully saturated rings. The molecule has 1 aliphatic heterocycles. The molecule has 1 heterocycles. The van der Waals surface area contributed by atoms with Crippen LogP contribution in [-0.4, -0.2) is 31.0 Å². The molecule has 0 bridgehead atoms. The van der Waals surface area contributed by atoms with Gasteiger partial charge in [-0.05, 0) is 24.3 Å². The smallest absolute Gasteiger partial charge is 0.125 e. The highest BCUT2D eigenvalue weighted by molar-refractivity contribution is 5.56. The van der Waals surface area contributed by atoms with Gasteiger partial charge in [0.1, 0.15) is 6.17 Å². The Labute approximate surface area is 113 Å². The third-order valence-electron chi connectivity index (χ3n) is 3.64. The van der Waals surface area contributed by atoms with Crippen LogP contribution >= 0.6 is 0 Å². The molecule has 2 aromatic carbocycles. The molecule has 0 atom stereocenters. The van der Waals surface area contributed by atoms with Gasteiger partial charge in [0.25, 0.3) is 0 Å². The zero-order valence-electron chi connectivity index (χ0n) is 10.8. The van der Waals surface area contributed by atoms with Crippen LogP contribution in [0, 0.1) is 0 Å². The Hall–Kier alpha value is -2.00. The predicted molar refractivity (Wildman–Crippen MR) is 78.4 cm³/mol. The molecule has 98 valence electrons. The fourth-order valence-electron chi connectivity index (χ4n) is 2.72. The number of benzene rings is 2. The summed E-state index contributed by atoms with van der Waals surface area (Å²) in [5.41, 5.74) is 2.33. The molecule has 0 saturated carbocycles. The second kappa shape index (κ2) is 5.33. The largest absolute Gasteiger partial charge is 0.392 e. The Kier molecular flexibility index (Phi) is 3.38. The zero-order valence-corrected chi connectivity index (χ0v) is 10.8. The number of hydrogen-bond acceptors (Lipinski definition) is 3. The van der Waals surface area contributed by atoms with Crippen LogP contribution in [0.1, 0.15) is 0 Å². The topological polar surface area (TPSA) is 26.7 Å². The SMILES string of the molecule is OCC1N(c2ccccc2)CCN1c1ccccc1. The van der Waals surface area contributed by atoms with Gasteiger partial charge in [0.05, 0.1) is 6.61 Å². The van der Waals surface area contributed by atoms with E-state index in [4.69, 9.17) is 0 Å². The van der Waals surface area contributed by atoms with Crippen molar-refractivity contribution in [1.29, 1.82) is 0 Å². The van der Waals surface area contributed by atoms with E-state index in [0.717, 1.165) is 13.1 Å². The second-order valence-corrected chi connectivity index (χ2v) is 4.72. The minimum atomic E-state index is 0.0183. The van der Waals surface area contributed by atoms with Crippen molar-refractivity contribution in [2.75, 3.05) is 29.5 Å². The maximum absolute atomic E-state index is 9.75. The highest BCUT2D eigenvalue weighted by Gasteiger charge is 2.31. The summed E-state index contributed by atoms with van der Waals surface area (Å²) in [5.74, 6) is 0. The van der Waals surface area contributed by atoms with E-state index >= 15 is 0 Å². The van der Waals surface area contributed by atoms with Gasteiger partial charge in [-0.2, -0.15) is 0 Å². The third-order valence-corrected chi connectivity index (χ3v) is 3.64. The normalized spacial score (nSPS) is 16.1. The molecule has 0 radical (unpaired) electrons. The van der Waals surface area contributed by atoms with E-state index in [1.54, 1.807) is 0 Å². The fraction of sp³-hybridized carbons (Fsp3) is 0.250. The highest BCUT2D eigenvalue weighted by atomic mass is 16.3. The van der Waals surface area contributed by atoms with Crippen molar-refractivity contribution in [2.24, 2.45) is 0 Å². The van der Waals surface area contributed by atoms with Crippen molar-refractivity contribution < 1.29 is 5.11 Å². The Bertz CT molecular complexity index is 467. The second-order valence-electron chi connectivity index (χ2n) is 4.72. The molecule has 1 saturated heterocycles. The molecule has 1 aliphatic rings. The quantitative estimate of drug-likeness (QED) is 0.910. The molecule has 0 unspecified atom stereocenters. The van der Waals surface area contributed by atoms with Crippen LogP contribution in [0.3, 0.4) is 0 Å². The molecule has 0 spiro atoms. The molecule has 19 heavy (non-hydrogen) atoms. The Morgan fingerprint density at radius 2 is 1.21 bits per heavy atom. The van der Waals surface area contributed by atoms with E-state index in [2.05, 4.69) is 34.1 Å². The lowest BCUT2D eigenvalue weighted by Crippen LogP contribution is -2.41. The number of nitrogens with zero attached hydrogens (tertiary/aromatic N) is 2. The van der Waals surface area contributed by atoms with Gasteiger partial charge >= 0.3 is 0 Å². The Balaban J connectivity index is 1.87. The molecule has 0 amide bonds. The summed E-state index contributed by atoms with van der Waals surface area (Å²) in [5, 5.41) is 9.75. The van der Waals surface area contributed by atoms with E-state index in [9.17, 15) is 5.11 Å². The summed E-state index contributed by atoms with van der Waals surface area (Å²) < 4.78 is 0. The van der Waals surface area contributed by atoms with Crippen LogP contribution < -0.4 is 9.80 Å². The van der Waals surface area contributed by atoms with Gasteiger partial charge < -0.3 is 14.9 Å². The van der Waals surface area contributed by atoms with Crippen LogP contribution in [0.5, 0.6) is 0 Å². The van der Waals surface area contributed by atoms with Crippen LogP contribution in [-0.2, 0) is 0 Å². The minimum Gasteiger partial charge on any atom is -0.392 e. The molecular weight excluding hydrogens is 236 g/mol. The van der Waals surface area contributed by atoms with E-state index < -0.39 is 0 Å². The summed E-state index contributed by atoms with van der Waals surface area (Å²) >= 11 is 0. The lowest BCUT2D eigenvalue weighted by molar-refractivity contribution is 0.267. The van der Waals surface area contributed by atoms with E-state index in [1.807, 2.05) is 36.4 Å². The summed E-state index contributed by atoms with van der Waals surface area (Å²) in [6.07, 6.45) is 0.0183. The Morgan fingerprint density at radius 3 is 1.58 bits per heavy atom. The molecule has 1 N–H and O–H groups in total. The predicted octanol–water partition coefficient (Wildman–Crippen LogP) is 2.33. The summed E-state index contributed by atoms with van der Waals surface area (Å²) in [6.45, 7) is 2.00. The molecule has 3 heteroatoms. The summed E-state index contributed by atoms with van der Waals surface area (Å²) in [7, 11) is 0. The average molecular weight is 254 g/mol. The number of aliphatic hydroxyl groups excluding tert-OH is 1. The van der Waals surface area contributed by atoms with Gasteiger partial charge in [-0.1, -0.05) is 36.4 Å². The summed E-state index contributed by atoms with van der Waals surface area (Å²) in [4.78, 5) is 4.51. The van der Waals surface area contributed by atoms with Gasteiger partial charge in [0.2, 0.25) is 0 Å². The van der Waals surface area contributed by atoms with Crippen LogP contribution in [0.15, 0.2) is 60.7 Å².